The van der Waals surface area contributed by atoms with Gasteiger partial charge in [0, 0.05) is 0 Å². The smallest absolute Gasteiger partial charge is 0.0675 e. The van der Waals surface area contributed by atoms with E-state index in [1.807, 2.05) is 0 Å². The molecule has 3 rings (SSSR count). The largest absolute Gasteiger partial charge is 0.0734 e. The highest BCUT2D eigenvalue weighted by Gasteiger charge is 2.88. The fraction of sp³-hybridized carbons (Fsp3) is 0.455. The van der Waals surface area contributed by atoms with E-state index in [9.17, 15) is 0 Å². The van der Waals surface area contributed by atoms with E-state index in [0.717, 1.165) is 0 Å². The number of hydrogen-bond acceptors (Lipinski definition) is 0. The molecule has 0 aromatic heterocycles. The lowest BCUT2D eigenvalue weighted by Crippen LogP contribution is -2.76. The van der Waals surface area contributed by atoms with E-state index in [2.05, 4.69) is 115 Å². The summed E-state index contributed by atoms with van der Waals surface area (Å²) in [5.74, 6) is 0. The molecule has 0 atom stereocenters. The van der Waals surface area contributed by atoms with E-state index in [0.29, 0.717) is 10.1 Å². The van der Waals surface area contributed by atoms with Crippen molar-refractivity contribution in [3.63, 3.8) is 0 Å². The summed E-state index contributed by atoms with van der Waals surface area (Å²) in [7, 11) is -4.74. The van der Waals surface area contributed by atoms with Crippen molar-refractivity contribution in [2.24, 2.45) is 0 Å². The molecule has 0 nitrogen and oxygen atoms in total. The average Bonchev–Trinajstić information content (AvgIpc) is 2.95. The maximum atomic E-state index is 2.70. The number of benzene rings is 2. The SMILES string of the molecule is CC1(C)C(C)(C)[Si]1([Si](C)(C)c1ccccc1)[Si](C)(C)c1ccccc1. The van der Waals surface area contributed by atoms with Crippen molar-refractivity contribution in [3.05, 3.63) is 60.7 Å². The minimum atomic E-state index is -1.58. The zero-order chi connectivity index (χ0) is 18.7. The van der Waals surface area contributed by atoms with E-state index < -0.39 is 22.3 Å². The molecule has 0 aliphatic carbocycles. The molecule has 0 N–H and O–H groups in total. The Kier molecular flexibility index (Phi) is 4.18. The molecule has 2 aromatic rings. The van der Waals surface area contributed by atoms with Crippen molar-refractivity contribution < 1.29 is 0 Å². The van der Waals surface area contributed by atoms with Crippen LogP contribution >= 0.6 is 0 Å². The molecule has 0 unspecified atom stereocenters. The van der Waals surface area contributed by atoms with E-state index in [1.54, 1.807) is 10.4 Å². The van der Waals surface area contributed by atoms with Crippen LogP contribution in [0.1, 0.15) is 27.7 Å². The number of rotatable bonds is 4. The second-order valence-electron chi connectivity index (χ2n) is 9.98. The van der Waals surface area contributed by atoms with Gasteiger partial charge < -0.3 is 0 Å². The van der Waals surface area contributed by atoms with Gasteiger partial charge in [-0.1, -0.05) is 125 Å². The van der Waals surface area contributed by atoms with Crippen molar-refractivity contribution in [1.29, 1.82) is 0 Å². The molecule has 1 aliphatic heterocycles. The highest BCUT2D eigenvalue weighted by atomic mass is 29.6. The Balaban J connectivity index is 2.29. The molecule has 0 bridgehead atoms. The van der Waals surface area contributed by atoms with Gasteiger partial charge in [0.25, 0.3) is 0 Å². The predicted octanol–water partition coefficient (Wildman–Crippen LogP) is 5.40. The molecule has 1 aliphatic rings. The van der Waals surface area contributed by atoms with E-state index in [-0.39, 0.29) is 0 Å². The Labute approximate surface area is 157 Å². The molecule has 0 radical (unpaired) electrons. The molecule has 1 saturated heterocycles. The Bertz CT molecular complexity index is 691. The van der Waals surface area contributed by atoms with Gasteiger partial charge in [-0.25, -0.2) is 0 Å². The molecule has 134 valence electrons. The summed E-state index contributed by atoms with van der Waals surface area (Å²) >= 11 is 0. The first-order valence-corrected chi connectivity index (χ1v) is 19.6. The second-order valence-corrected chi connectivity index (χ2v) is 35.1. The van der Waals surface area contributed by atoms with Crippen LogP contribution in [-0.4, -0.2) is 22.3 Å². The molecule has 2 aromatic carbocycles. The van der Waals surface area contributed by atoms with Crippen molar-refractivity contribution in [2.75, 3.05) is 0 Å². The van der Waals surface area contributed by atoms with Gasteiger partial charge in [-0.05, 0) is 10.1 Å². The van der Waals surface area contributed by atoms with Crippen molar-refractivity contribution >= 4 is 32.7 Å². The summed E-state index contributed by atoms with van der Waals surface area (Å²) in [5, 5.41) is 4.35. The summed E-state index contributed by atoms with van der Waals surface area (Å²) in [6.45, 7) is 21.2. The fourth-order valence-electron chi connectivity index (χ4n) is 7.36. The standard InChI is InChI=1S/C22H34Si3/c1-21(2)22(3,4)25(21,23(5,6)19-15-11-9-12-16-19)24(7,8)20-17-13-10-14-18-20/h9-18H,1-8H3. The Hall–Kier alpha value is -0.909. The van der Waals surface area contributed by atoms with Crippen LogP contribution in [0.15, 0.2) is 60.7 Å². The summed E-state index contributed by atoms with van der Waals surface area (Å²) < 4.78 is 0. The average molecular weight is 383 g/mol. The first kappa shape index (κ1) is 18.9. The lowest BCUT2D eigenvalue weighted by atomic mass is 10.0. The highest BCUT2D eigenvalue weighted by Crippen LogP contribution is 2.85. The van der Waals surface area contributed by atoms with Crippen LogP contribution in [0, 0.1) is 0 Å². The fourth-order valence-corrected chi connectivity index (χ4v) is 68.9. The zero-order valence-corrected chi connectivity index (χ0v) is 20.3. The molecular weight excluding hydrogens is 349 g/mol. The first-order chi connectivity index (χ1) is 11.5. The van der Waals surface area contributed by atoms with Gasteiger partial charge in [0.2, 0.25) is 0 Å². The molecule has 1 heterocycles. The van der Waals surface area contributed by atoms with Gasteiger partial charge in [-0.2, -0.15) is 0 Å². The second kappa shape index (κ2) is 5.54. The lowest BCUT2D eigenvalue weighted by molar-refractivity contribution is 0.628. The maximum absolute atomic E-state index is 2.70. The molecule has 25 heavy (non-hydrogen) atoms. The highest BCUT2D eigenvalue weighted by molar-refractivity contribution is 7.79. The third-order valence-corrected chi connectivity index (χ3v) is 52.0. The third-order valence-electron chi connectivity index (χ3n) is 8.24. The minimum Gasteiger partial charge on any atom is -0.0675 e. The van der Waals surface area contributed by atoms with Crippen LogP contribution in [0.4, 0.5) is 0 Å². The Morgan fingerprint density at radius 2 is 0.840 bits per heavy atom. The van der Waals surface area contributed by atoms with Crippen molar-refractivity contribution in [1.82, 2.24) is 0 Å². The zero-order valence-electron chi connectivity index (χ0n) is 17.3. The monoisotopic (exact) mass is 382 g/mol. The van der Waals surface area contributed by atoms with E-state index in [1.165, 1.54) is 0 Å². The van der Waals surface area contributed by atoms with Crippen LogP contribution in [0.3, 0.4) is 0 Å². The van der Waals surface area contributed by atoms with Gasteiger partial charge in [-0.3, -0.25) is 0 Å². The van der Waals surface area contributed by atoms with Crippen LogP contribution in [-0.2, 0) is 0 Å². The maximum Gasteiger partial charge on any atom is 0.0734 e. The van der Waals surface area contributed by atoms with E-state index >= 15 is 0 Å². The Morgan fingerprint density at radius 1 is 0.560 bits per heavy atom. The quantitative estimate of drug-likeness (QED) is 0.621. The predicted molar refractivity (Wildman–Crippen MR) is 121 cm³/mol. The van der Waals surface area contributed by atoms with Crippen molar-refractivity contribution in [3.8, 4) is 0 Å². The van der Waals surface area contributed by atoms with Crippen LogP contribution < -0.4 is 10.4 Å². The number of hydrogen-bond donors (Lipinski definition) is 0. The van der Waals surface area contributed by atoms with Gasteiger partial charge in [0.05, 0.1) is 22.3 Å². The summed E-state index contributed by atoms with van der Waals surface area (Å²) in [5.41, 5.74) is 0. The van der Waals surface area contributed by atoms with Crippen molar-refractivity contribution in [2.45, 2.75) is 64.0 Å². The molecule has 1 fully saturated rings. The summed E-state index contributed by atoms with van der Waals surface area (Å²) in [4.78, 5) is 0. The minimum absolute atomic E-state index is 0.497. The first-order valence-electron chi connectivity index (χ1n) is 9.57. The summed E-state index contributed by atoms with van der Waals surface area (Å²) in [6.07, 6.45) is 0. The van der Waals surface area contributed by atoms with Gasteiger partial charge in [0.15, 0.2) is 0 Å². The van der Waals surface area contributed by atoms with Crippen LogP contribution in [0.2, 0.25) is 36.3 Å². The van der Waals surface area contributed by atoms with Gasteiger partial charge >= 0.3 is 0 Å². The normalized spacial score (nSPS) is 21.0. The molecule has 3 heteroatoms. The molecule has 0 spiro atoms. The third kappa shape index (κ3) is 2.09. The van der Waals surface area contributed by atoms with Crippen LogP contribution in [0.5, 0.6) is 0 Å². The topological polar surface area (TPSA) is 0 Å². The van der Waals surface area contributed by atoms with E-state index in [4.69, 9.17) is 0 Å². The molecule has 0 amide bonds. The summed E-state index contributed by atoms with van der Waals surface area (Å²) in [6, 6.07) is 23.1. The molecule has 0 saturated carbocycles. The molecular formula is C22H34Si3. The Morgan fingerprint density at radius 3 is 1.08 bits per heavy atom. The van der Waals surface area contributed by atoms with Gasteiger partial charge in [-0.15, -0.1) is 0 Å². The lowest BCUT2D eigenvalue weighted by Gasteiger charge is -2.47. The van der Waals surface area contributed by atoms with Gasteiger partial charge in [0.1, 0.15) is 0 Å². The van der Waals surface area contributed by atoms with Crippen LogP contribution in [0.25, 0.3) is 0 Å².